The van der Waals surface area contributed by atoms with Crippen LogP contribution >= 0.6 is 0 Å². The SMILES string of the molecule is COc1c(C=O)cccc1-c1cccc(N)c1. The Labute approximate surface area is 99.8 Å². The zero-order valence-electron chi connectivity index (χ0n) is 9.51. The van der Waals surface area contributed by atoms with Gasteiger partial charge in [0.15, 0.2) is 6.29 Å². The number of rotatable bonds is 3. The molecule has 0 unspecified atom stereocenters. The molecule has 2 N–H and O–H groups in total. The van der Waals surface area contributed by atoms with Gasteiger partial charge >= 0.3 is 0 Å². The largest absolute Gasteiger partial charge is 0.495 e. The van der Waals surface area contributed by atoms with Gasteiger partial charge in [-0.15, -0.1) is 0 Å². The summed E-state index contributed by atoms with van der Waals surface area (Å²) in [6.45, 7) is 0. The van der Waals surface area contributed by atoms with E-state index in [2.05, 4.69) is 0 Å². The minimum absolute atomic E-state index is 0.535. The number of anilines is 1. The van der Waals surface area contributed by atoms with E-state index in [1.54, 1.807) is 13.2 Å². The summed E-state index contributed by atoms with van der Waals surface area (Å²) < 4.78 is 5.29. The zero-order valence-corrected chi connectivity index (χ0v) is 9.51. The van der Waals surface area contributed by atoms with Gasteiger partial charge in [-0.1, -0.05) is 24.3 Å². The molecule has 0 fully saturated rings. The quantitative estimate of drug-likeness (QED) is 0.648. The molecule has 0 spiro atoms. The lowest BCUT2D eigenvalue weighted by Gasteiger charge is -2.11. The van der Waals surface area contributed by atoms with Crippen molar-refractivity contribution in [3.63, 3.8) is 0 Å². The van der Waals surface area contributed by atoms with Crippen LogP contribution in [0.5, 0.6) is 5.75 Å². The summed E-state index contributed by atoms with van der Waals surface area (Å²) >= 11 is 0. The molecular weight excluding hydrogens is 214 g/mol. The number of carbonyl (C=O) groups excluding carboxylic acids is 1. The molecule has 0 saturated heterocycles. The number of aldehydes is 1. The second-order valence-corrected chi connectivity index (χ2v) is 3.67. The smallest absolute Gasteiger partial charge is 0.153 e. The number of nitrogens with two attached hydrogens (primary N) is 1. The summed E-state index contributed by atoms with van der Waals surface area (Å²) in [5, 5.41) is 0. The summed E-state index contributed by atoms with van der Waals surface area (Å²) in [4.78, 5) is 10.9. The van der Waals surface area contributed by atoms with E-state index < -0.39 is 0 Å². The van der Waals surface area contributed by atoms with Gasteiger partial charge in [-0.05, 0) is 23.8 Å². The van der Waals surface area contributed by atoms with E-state index in [0.29, 0.717) is 17.0 Å². The minimum Gasteiger partial charge on any atom is -0.495 e. The molecule has 0 saturated carbocycles. The molecule has 86 valence electrons. The number of carbonyl (C=O) groups is 1. The number of para-hydroxylation sites is 1. The maximum absolute atomic E-state index is 10.9. The molecule has 0 radical (unpaired) electrons. The van der Waals surface area contributed by atoms with Crippen molar-refractivity contribution in [2.45, 2.75) is 0 Å². The van der Waals surface area contributed by atoms with Crippen LogP contribution in [0.3, 0.4) is 0 Å². The van der Waals surface area contributed by atoms with Gasteiger partial charge in [0.05, 0.1) is 12.7 Å². The van der Waals surface area contributed by atoms with Gasteiger partial charge in [-0.2, -0.15) is 0 Å². The van der Waals surface area contributed by atoms with Gasteiger partial charge in [0.2, 0.25) is 0 Å². The highest BCUT2D eigenvalue weighted by molar-refractivity contribution is 5.86. The van der Waals surface area contributed by atoms with Crippen molar-refractivity contribution in [3.05, 3.63) is 48.0 Å². The second-order valence-electron chi connectivity index (χ2n) is 3.67. The second kappa shape index (κ2) is 4.70. The molecule has 3 heteroatoms. The van der Waals surface area contributed by atoms with E-state index in [1.807, 2.05) is 36.4 Å². The van der Waals surface area contributed by atoms with E-state index in [0.717, 1.165) is 17.4 Å². The van der Waals surface area contributed by atoms with Crippen molar-refractivity contribution >= 4 is 12.0 Å². The maximum Gasteiger partial charge on any atom is 0.153 e. The molecule has 0 bridgehead atoms. The van der Waals surface area contributed by atoms with Crippen molar-refractivity contribution in [2.24, 2.45) is 0 Å². The third-order valence-electron chi connectivity index (χ3n) is 2.57. The van der Waals surface area contributed by atoms with Gasteiger partial charge in [-0.25, -0.2) is 0 Å². The van der Waals surface area contributed by atoms with Crippen molar-refractivity contribution < 1.29 is 9.53 Å². The fourth-order valence-electron chi connectivity index (χ4n) is 1.81. The topological polar surface area (TPSA) is 52.3 Å². The number of methoxy groups -OCH3 is 1. The number of benzene rings is 2. The van der Waals surface area contributed by atoms with Gasteiger partial charge in [0, 0.05) is 11.3 Å². The van der Waals surface area contributed by atoms with Crippen molar-refractivity contribution in [2.75, 3.05) is 12.8 Å². The van der Waals surface area contributed by atoms with E-state index in [9.17, 15) is 4.79 Å². The maximum atomic E-state index is 10.9. The first-order valence-corrected chi connectivity index (χ1v) is 5.24. The van der Waals surface area contributed by atoms with Gasteiger partial charge in [-0.3, -0.25) is 4.79 Å². The van der Waals surface area contributed by atoms with Crippen molar-refractivity contribution in [1.82, 2.24) is 0 Å². The van der Waals surface area contributed by atoms with Crippen molar-refractivity contribution in [1.29, 1.82) is 0 Å². The summed E-state index contributed by atoms with van der Waals surface area (Å²) in [6, 6.07) is 12.9. The molecule has 2 rings (SSSR count). The highest BCUT2D eigenvalue weighted by Gasteiger charge is 2.09. The molecule has 0 aromatic heterocycles. The van der Waals surface area contributed by atoms with Crippen LogP contribution in [-0.4, -0.2) is 13.4 Å². The molecule has 17 heavy (non-hydrogen) atoms. The Morgan fingerprint density at radius 2 is 1.94 bits per heavy atom. The van der Waals surface area contributed by atoms with Crippen LogP contribution in [0.4, 0.5) is 5.69 Å². The lowest BCUT2D eigenvalue weighted by molar-refractivity contribution is 0.112. The molecule has 0 aliphatic heterocycles. The number of hydrogen-bond acceptors (Lipinski definition) is 3. The van der Waals surface area contributed by atoms with E-state index >= 15 is 0 Å². The van der Waals surface area contributed by atoms with E-state index in [4.69, 9.17) is 10.5 Å². The first-order chi connectivity index (χ1) is 8.26. The Kier molecular flexibility index (Phi) is 3.10. The molecule has 2 aromatic carbocycles. The zero-order chi connectivity index (χ0) is 12.3. The van der Waals surface area contributed by atoms with E-state index in [-0.39, 0.29) is 0 Å². The van der Waals surface area contributed by atoms with Crippen LogP contribution in [0.1, 0.15) is 10.4 Å². The van der Waals surface area contributed by atoms with Crippen LogP contribution < -0.4 is 10.5 Å². The minimum atomic E-state index is 0.535. The number of ether oxygens (including phenoxy) is 1. The first kappa shape index (κ1) is 11.2. The Bertz CT molecular complexity index is 550. The van der Waals surface area contributed by atoms with Crippen LogP contribution in [0.15, 0.2) is 42.5 Å². The Morgan fingerprint density at radius 3 is 2.59 bits per heavy atom. The molecule has 3 nitrogen and oxygen atoms in total. The molecule has 0 aliphatic carbocycles. The molecular formula is C14H13NO2. The number of hydrogen-bond donors (Lipinski definition) is 1. The third-order valence-corrected chi connectivity index (χ3v) is 2.57. The fourth-order valence-corrected chi connectivity index (χ4v) is 1.81. The highest BCUT2D eigenvalue weighted by atomic mass is 16.5. The highest BCUT2D eigenvalue weighted by Crippen LogP contribution is 2.32. The van der Waals surface area contributed by atoms with Crippen LogP contribution in [0.25, 0.3) is 11.1 Å². The lowest BCUT2D eigenvalue weighted by atomic mass is 10.0. The fraction of sp³-hybridized carbons (Fsp3) is 0.0714. The normalized spacial score (nSPS) is 9.94. The Morgan fingerprint density at radius 1 is 1.18 bits per heavy atom. The van der Waals surface area contributed by atoms with Crippen LogP contribution in [0, 0.1) is 0 Å². The summed E-state index contributed by atoms with van der Waals surface area (Å²) in [5.74, 6) is 0.577. The lowest BCUT2D eigenvalue weighted by Crippen LogP contribution is -1.94. The average Bonchev–Trinajstić information content (AvgIpc) is 2.37. The van der Waals surface area contributed by atoms with Gasteiger partial charge in [0.25, 0.3) is 0 Å². The molecule has 0 aliphatic rings. The van der Waals surface area contributed by atoms with Gasteiger partial charge in [0.1, 0.15) is 5.75 Å². The molecule has 0 amide bonds. The predicted molar refractivity (Wildman–Crippen MR) is 68.2 cm³/mol. The van der Waals surface area contributed by atoms with Crippen molar-refractivity contribution in [3.8, 4) is 16.9 Å². The summed E-state index contributed by atoms with van der Waals surface area (Å²) in [5.41, 5.74) is 8.76. The van der Waals surface area contributed by atoms with E-state index in [1.165, 1.54) is 0 Å². The predicted octanol–water partition coefficient (Wildman–Crippen LogP) is 2.76. The Balaban J connectivity index is 2.62. The standard InChI is InChI=1S/C14H13NO2/c1-17-14-11(9-16)5-3-7-13(14)10-4-2-6-12(15)8-10/h2-9H,15H2,1H3. The first-order valence-electron chi connectivity index (χ1n) is 5.24. The molecule has 2 aromatic rings. The molecule has 0 heterocycles. The summed E-state index contributed by atoms with van der Waals surface area (Å²) in [6.07, 6.45) is 0.786. The van der Waals surface area contributed by atoms with Crippen LogP contribution in [0.2, 0.25) is 0 Å². The monoisotopic (exact) mass is 227 g/mol. The molecule has 0 atom stereocenters. The third kappa shape index (κ3) is 2.13. The average molecular weight is 227 g/mol. The van der Waals surface area contributed by atoms with Crippen LogP contribution in [-0.2, 0) is 0 Å². The van der Waals surface area contributed by atoms with Gasteiger partial charge < -0.3 is 10.5 Å². The number of nitrogen functional groups attached to an aromatic ring is 1. The summed E-state index contributed by atoms with van der Waals surface area (Å²) in [7, 11) is 1.55. The Hall–Kier alpha value is -2.29.